The van der Waals surface area contributed by atoms with E-state index in [1.807, 2.05) is 0 Å². The minimum Gasteiger partial charge on any atom is -0.381 e. The molecule has 0 unspecified atom stereocenters. The van der Waals surface area contributed by atoms with Crippen LogP contribution in [0.2, 0.25) is 0 Å². The summed E-state index contributed by atoms with van der Waals surface area (Å²) >= 11 is 0. The van der Waals surface area contributed by atoms with Crippen LogP contribution in [0.1, 0.15) is 49.1 Å². The van der Waals surface area contributed by atoms with Crippen molar-refractivity contribution in [3.05, 3.63) is 29.1 Å². The summed E-state index contributed by atoms with van der Waals surface area (Å²) < 4.78 is 5.47. The normalized spacial score (nSPS) is 17.1. The Bertz CT molecular complexity index is 398. The van der Waals surface area contributed by atoms with E-state index in [2.05, 4.69) is 38.1 Å². The molecule has 2 rings (SSSR count). The van der Waals surface area contributed by atoms with Crippen molar-refractivity contribution in [1.82, 2.24) is 9.88 Å². The SMILES string of the molecule is CCCc1ccc(C2CCOCC2)c(CN(C)C)n1. The van der Waals surface area contributed by atoms with E-state index < -0.39 is 0 Å². The van der Waals surface area contributed by atoms with Crippen LogP contribution in [-0.2, 0) is 17.7 Å². The zero-order valence-electron chi connectivity index (χ0n) is 12.5. The first kappa shape index (κ1) is 14.5. The van der Waals surface area contributed by atoms with Crippen LogP contribution in [0.25, 0.3) is 0 Å². The van der Waals surface area contributed by atoms with Crippen LogP contribution in [0.5, 0.6) is 0 Å². The Labute approximate surface area is 117 Å². The fraction of sp³-hybridized carbons (Fsp3) is 0.688. The Morgan fingerprint density at radius 1 is 1.26 bits per heavy atom. The van der Waals surface area contributed by atoms with Crippen molar-refractivity contribution in [2.24, 2.45) is 0 Å². The highest BCUT2D eigenvalue weighted by Gasteiger charge is 2.20. The topological polar surface area (TPSA) is 25.4 Å². The van der Waals surface area contributed by atoms with E-state index in [1.54, 1.807) is 0 Å². The second-order valence-electron chi connectivity index (χ2n) is 5.71. The average Bonchev–Trinajstić information content (AvgIpc) is 2.40. The molecule has 1 fully saturated rings. The second kappa shape index (κ2) is 7.01. The number of aryl methyl sites for hydroxylation is 1. The molecular formula is C16H26N2O. The molecule has 0 spiro atoms. The van der Waals surface area contributed by atoms with Crippen molar-refractivity contribution in [3.63, 3.8) is 0 Å². The fourth-order valence-electron chi connectivity index (χ4n) is 2.76. The molecule has 0 saturated carbocycles. The minimum absolute atomic E-state index is 0.631. The molecule has 1 aromatic rings. The van der Waals surface area contributed by atoms with Gasteiger partial charge in [0.1, 0.15) is 0 Å². The Kier molecular flexibility index (Phi) is 5.34. The van der Waals surface area contributed by atoms with Crippen LogP contribution in [-0.4, -0.2) is 37.2 Å². The molecule has 0 N–H and O–H groups in total. The number of aromatic nitrogens is 1. The number of hydrogen-bond donors (Lipinski definition) is 0. The summed E-state index contributed by atoms with van der Waals surface area (Å²) in [6, 6.07) is 4.53. The average molecular weight is 262 g/mol. The highest BCUT2D eigenvalue weighted by atomic mass is 16.5. The maximum atomic E-state index is 5.47. The van der Waals surface area contributed by atoms with Gasteiger partial charge < -0.3 is 9.64 Å². The molecule has 0 amide bonds. The quantitative estimate of drug-likeness (QED) is 0.815. The van der Waals surface area contributed by atoms with Crippen LogP contribution >= 0.6 is 0 Å². The number of pyridine rings is 1. The monoisotopic (exact) mass is 262 g/mol. The molecule has 1 aliphatic rings. The van der Waals surface area contributed by atoms with Gasteiger partial charge in [0.05, 0.1) is 5.69 Å². The third-order valence-electron chi connectivity index (χ3n) is 3.70. The molecule has 3 nitrogen and oxygen atoms in total. The number of ether oxygens (including phenoxy) is 1. The van der Waals surface area contributed by atoms with Gasteiger partial charge in [-0.3, -0.25) is 4.98 Å². The summed E-state index contributed by atoms with van der Waals surface area (Å²) in [4.78, 5) is 7.10. The van der Waals surface area contributed by atoms with Crippen molar-refractivity contribution in [1.29, 1.82) is 0 Å². The zero-order chi connectivity index (χ0) is 13.7. The minimum atomic E-state index is 0.631. The van der Waals surface area contributed by atoms with E-state index in [9.17, 15) is 0 Å². The number of hydrogen-bond acceptors (Lipinski definition) is 3. The summed E-state index contributed by atoms with van der Waals surface area (Å²) in [6.45, 7) is 4.93. The molecule has 1 saturated heterocycles. The van der Waals surface area contributed by atoms with E-state index in [0.29, 0.717) is 5.92 Å². The molecule has 3 heteroatoms. The first-order chi connectivity index (χ1) is 9.20. The van der Waals surface area contributed by atoms with Crippen molar-refractivity contribution in [2.45, 2.75) is 45.1 Å². The van der Waals surface area contributed by atoms with Gasteiger partial charge >= 0.3 is 0 Å². The second-order valence-corrected chi connectivity index (χ2v) is 5.71. The van der Waals surface area contributed by atoms with Crippen molar-refractivity contribution in [3.8, 4) is 0 Å². The van der Waals surface area contributed by atoms with Gasteiger partial charge in [-0.05, 0) is 50.9 Å². The lowest BCUT2D eigenvalue weighted by Gasteiger charge is -2.25. The summed E-state index contributed by atoms with van der Waals surface area (Å²) in [5.41, 5.74) is 3.94. The highest BCUT2D eigenvalue weighted by molar-refractivity contribution is 5.27. The third-order valence-corrected chi connectivity index (χ3v) is 3.70. The van der Waals surface area contributed by atoms with Gasteiger partial charge in [-0.15, -0.1) is 0 Å². The van der Waals surface area contributed by atoms with Crippen LogP contribution in [0.15, 0.2) is 12.1 Å². The molecule has 106 valence electrons. The van der Waals surface area contributed by atoms with Crippen molar-refractivity contribution in [2.75, 3.05) is 27.3 Å². The molecule has 2 heterocycles. The molecule has 0 bridgehead atoms. The lowest BCUT2D eigenvalue weighted by Crippen LogP contribution is -2.19. The van der Waals surface area contributed by atoms with E-state index in [-0.39, 0.29) is 0 Å². The van der Waals surface area contributed by atoms with Gasteiger partial charge in [0.25, 0.3) is 0 Å². The summed E-state index contributed by atoms with van der Waals surface area (Å²) in [6.07, 6.45) is 4.50. The van der Waals surface area contributed by atoms with Crippen LogP contribution in [0.3, 0.4) is 0 Å². The van der Waals surface area contributed by atoms with Gasteiger partial charge in [0.15, 0.2) is 0 Å². The Balaban J connectivity index is 2.23. The smallest absolute Gasteiger partial charge is 0.0581 e. The standard InChI is InChI=1S/C16H26N2O/c1-4-5-14-6-7-15(13-8-10-19-11-9-13)16(17-14)12-18(2)3/h6-7,13H,4-5,8-12H2,1-3H3. The van der Waals surface area contributed by atoms with Gasteiger partial charge in [0.2, 0.25) is 0 Å². The fourth-order valence-corrected chi connectivity index (χ4v) is 2.76. The first-order valence-corrected chi connectivity index (χ1v) is 7.42. The van der Waals surface area contributed by atoms with E-state index in [4.69, 9.17) is 9.72 Å². The maximum Gasteiger partial charge on any atom is 0.0581 e. The van der Waals surface area contributed by atoms with Gasteiger partial charge in [0, 0.05) is 25.5 Å². The number of nitrogens with zero attached hydrogens (tertiary/aromatic N) is 2. The highest BCUT2D eigenvalue weighted by Crippen LogP contribution is 2.29. The summed E-state index contributed by atoms with van der Waals surface area (Å²) in [5.74, 6) is 0.631. The van der Waals surface area contributed by atoms with E-state index >= 15 is 0 Å². The van der Waals surface area contributed by atoms with Gasteiger partial charge in [-0.1, -0.05) is 19.4 Å². The molecular weight excluding hydrogens is 236 g/mol. The number of rotatable bonds is 5. The molecule has 0 aliphatic carbocycles. The zero-order valence-corrected chi connectivity index (χ0v) is 12.5. The van der Waals surface area contributed by atoms with Crippen LogP contribution in [0.4, 0.5) is 0 Å². The van der Waals surface area contributed by atoms with Gasteiger partial charge in [-0.2, -0.15) is 0 Å². The molecule has 0 radical (unpaired) electrons. The lowest BCUT2D eigenvalue weighted by molar-refractivity contribution is 0.0849. The van der Waals surface area contributed by atoms with Gasteiger partial charge in [-0.25, -0.2) is 0 Å². The first-order valence-electron chi connectivity index (χ1n) is 7.42. The van der Waals surface area contributed by atoms with Crippen LogP contribution < -0.4 is 0 Å². The predicted octanol–water partition coefficient (Wildman–Crippen LogP) is 2.99. The summed E-state index contributed by atoms with van der Waals surface area (Å²) in [5, 5.41) is 0. The molecule has 19 heavy (non-hydrogen) atoms. The maximum absolute atomic E-state index is 5.47. The van der Waals surface area contributed by atoms with Crippen molar-refractivity contribution < 1.29 is 4.74 Å². The summed E-state index contributed by atoms with van der Waals surface area (Å²) in [7, 11) is 4.23. The molecule has 1 aromatic heterocycles. The van der Waals surface area contributed by atoms with Crippen molar-refractivity contribution >= 4 is 0 Å². The Morgan fingerprint density at radius 2 is 2.00 bits per heavy atom. The predicted molar refractivity (Wildman–Crippen MR) is 78.4 cm³/mol. The largest absolute Gasteiger partial charge is 0.381 e. The lowest BCUT2D eigenvalue weighted by atomic mass is 9.90. The third kappa shape index (κ3) is 4.02. The molecule has 1 aliphatic heterocycles. The Morgan fingerprint density at radius 3 is 2.63 bits per heavy atom. The van der Waals surface area contributed by atoms with E-state index in [1.165, 1.54) is 17.0 Å². The Hall–Kier alpha value is -0.930. The van der Waals surface area contributed by atoms with Crippen LogP contribution in [0, 0.1) is 0 Å². The van der Waals surface area contributed by atoms with E-state index in [0.717, 1.165) is 45.4 Å². The molecule has 0 atom stereocenters. The molecule has 0 aromatic carbocycles.